The fourth-order valence-electron chi connectivity index (χ4n) is 2.32. The second kappa shape index (κ2) is 6.15. The molecule has 0 radical (unpaired) electrons. The van der Waals surface area contributed by atoms with Crippen molar-refractivity contribution in [2.24, 2.45) is 0 Å². The van der Waals surface area contributed by atoms with Crippen LogP contribution in [0.5, 0.6) is 5.88 Å². The molecule has 1 aliphatic heterocycles. The van der Waals surface area contributed by atoms with Gasteiger partial charge in [0, 0.05) is 12.1 Å². The summed E-state index contributed by atoms with van der Waals surface area (Å²) in [5.74, 6) is 1.51. The van der Waals surface area contributed by atoms with Crippen molar-refractivity contribution in [2.45, 2.75) is 18.9 Å². The minimum Gasteiger partial charge on any atom is -0.481 e. The molecule has 3 rings (SSSR count). The van der Waals surface area contributed by atoms with E-state index in [4.69, 9.17) is 14.0 Å². The van der Waals surface area contributed by atoms with Gasteiger partial charge < -0.3 is 19.3 Å². The summed E-state index contributed by atoms with van der Waals surface area (Å²) in [4.78, 5) is 12.5. The zero-order valence-corrected chi connectivity index (χ0v) is 11.9. The maximum atomic E-state index is 5.49. The Bertz CT molecular complexity index is 603. The van der Waals surface area contributed by atoms with E-state index in [9.17, 15) is 0 Å². The van der Waals surface area contributed by atoms with Gasteiger partial charge in [-0.05, 0) is 6.54 Å². The minimum absolute atomic E-state index is 0.0648. The van der Waals surface area contributed by atoms with E-state index in [0.29, 0.717) is 36.5 Å². The van der Waals surface area contributed by atoms with E-state index in [-0.39, 0.29) is 12.0 Å². The standard InChI is InChI=1S/C13H17N5O3/c1-3-14-10-6-20-5-8(10)13-17-12(18-21-13)9-4-11(19-2)16-7-15-9/h4,7-8,10,14H,3,5-6H2,1-2H3. The van der Waals surface area contributed by atoms with Gasteiger partial charge in [-0.3, -0.25) is 0 Å². The Kier molecular flexibility index (Phi) is 4.07. The zero-order chi connectivity index (χ0) is 14.7. The third-order valence-corrected chi connectivity index (χ3v) is 3.39. The quantitative estimate of drug-likeness (QED) is 0.857. The van der Waals surface area contributed by atoms with E-state index in [1.165, 1.54) is 6.33 Å². The molecule has 0 aromatic carbocycles. The lowest BCUT2D eigenvalue weighted by Crippen LogP contribution is -2.34. The summed E-state index contributed by atoms with van der Waals surface area (Å²) in [6.07, 6.45) is 1.41. The Labute approximate surface area is 121 Å². The van der Waals surface area contributed by atoms with E-state index in [0.717, 1.165) is 6.54 Å². The van der Waals surface area contributed by atoms with E-state index in [1.807, 2.05) is 0 Å². The summed E-state index contributed by atoms with van der Waals surface area (Å²) in [5.41, 5.74) is 0.566. The largest absolute Gasteiger partial charge is 0.481 e. The fraction of sp³-hybridized carbons (Fsp3) is 0.538. The van der Waals surface area contributed by atoms with Gasteiger partial charge >= 0.3 is 0 Å². The van der Waals surface area contributed by atoms with E-state index >= 15 is 0 Å². The molecule has 0 spiro atoms. The first-order valence-electron chi connectivity index (χ1n) is 6.83. The van der Waals surface area contributed by atoms with Gasteiger partial charge in [0.15, 0.2) is 0 Å². The highest BCUT2D eigenvalue weighted by atomic mass is 16.5. The van der Waals surface area contributed by atoms with Crippen molar-refractivity contribution in [3.05, 3.63) is 18.3 Å². The Hall–Kier alpha value is -2.06. The molecule has 1 N–H and O–H groups in total. The van der Waals surface area contributed by atoms with Crippen molar-refractivity contribution in [1.82, 2.24) is 25.4 Å². The molecule has 0 amide bonds. The molecule has 21 heavy (non-hydrogen) atoms. The van der Waals surface area contributed by atoms with Crippen molar-refractivity contribution in [1.29, 1.82) is 0 Å². The van der Waals surface area contributed by atoms with Crippen LogP contribution >= 0.6 is 0 Å². The number of hydrogen-bond donors (Lipinski definition) is 1. The number of aromatic nitrogens is 4. The minimum atomic E-state index is 0.0648. The van der Waals surface area contributed by atoms with E-state index in [1.54, 1.807) is 13.2 Å². The summed E-state index contributed by atoms with van der Waals surface area (Å²) in [7, 11) is 1.55. The second-order valence-corrected chi connectivity index (χ2v) is 4.71. The Balaban J connectivity index is 1.82. The lowest BCUT2D eigenvalue weighted by Gasteiger charge is -2.13. The predicted octanol–water partition coefficient (Wildman–Crippen LogP) is 0.627. The van der Waals surface area contributed by atoms with Gasteiger partial charge in [0.05, 0.1) is 26.2 Å². The first-order valence-corrected chi connectivity index (χ1v) is 6.83. The van der Waals surface area contributed by atoms with Crippen molar-refractivity contribution in [3.8, 4) is 17.4 Å². The first-order chi connectivity index (χ1) is 10.3. The maximum absolute atomic E-state index is 5.49. The monoisotopic (exact) mass is 291 g/mol. The van der Waals surface area contributed by atoms with Crippen LogP contribution in [0, 0.1) is 0 Å². The molecular formula is C13H17N5O3. The van der Waals surface area contributed by atoms with Gasteiger partial charge in [0.1, 0.15) is 12.0 Å². The summed E-state index contributed by atoms with van der Waals surface area (Å²) in [6, 6.07) is 1.87. The lowest BCUT2D eigenvalue weighted by molar-refractivity contribution is 0.185. The highest BCUT2D eigenvalue weighted by Crippen LogP contribution is 2.26. The molecule has 2 atom stereocenters. The van der Waals surface area contributed by atoms with E-state index < -0.39 is 0 Å². The van der Waals surface area contributed by atoms with Crippen LogP contribution in [-0.2, 0) is 4.74 Å². The Morgan fingerprint density at radius 2 is 2.29 bits per heavy atom. The molecule has 1 saturated heterocycles. The van der Waals surface area contributed by atoms with Crippen molar-refractivity contribution in [2.75, 3.05) is 26.9 Å². The number of nitrogens with one attached hydrogen (secondary N) is 1. The predicted molar refractivity (Wildman–Crippen MR) is 72.9 cm³/mol. The maximum Gasteiger partial charge on any atom is 0.234 e. The lowest BCUT2D eigenvalue weighted by atomic mass is 10.0. The molecule has 1 fully saturated rings. The molecule has 8 heteroatoms. The number of hydrogen-bond acceptors (Lipinski definition) is 8. The Morgan fingerprint density at radius 3 is 3.10 bits per heavy atom. The molecule has 1 aliphatic rings. The van der Waals surface area contributed by atoms with Crippen LogP contribution in [0.15, 0.2) is 16.9 Å². The third kappa shape index (κ3) is 2.86. The van der Waals surface area contributed by atoms with Crippen LogP contribution in [0.3, 0.4) is 0 Å². The summed E-state index contributed by atoms with van der Waals surface area (Å²) >= 11 is 0. The molecular weight excluding hydrogens is 274 g/mol. The van der Waals surface area contributed by atoms with Crippen molar-refractivity contribution < 1.29 is 14.0 Å². The van der Waals surface area contributed by atoms with Gasteiger partial charge in [-0.15, -0.1) is 0 Å². The molecule has 2 unspecified atom stereocenters. The average molecular weight is 291 g/mol. The van der Waals surface area contributed by atoms with Gasteiger partial charge in [-0.25, -0.2) is 9.97 Å². The number of likely N-dealkylation sites (N-methyl/N-ethyl adjacent to an activating group) is 1. The summed E-state index contributed by atoms with van der Waals surface area (Å²) < 4.78 is 15.9. The second-order valence-electron chi connectivity index (χ2n) is 4.71. The van der Waals surface area contributed by atoms with Gasteiger partial charge in [0.25, 0.3) is 0 Å². The molecule has 2 aromatic heterocycles. The van der Waals surface area contributed by atoms with E-state index in [2.05, 4.69) is 32.3 Å². The average Bonchev–Trinajstić information content (AvgIpc) is 3.16. The van der Waals surface area contributed by atoms with Crippen LogP contribution in [-0.4, -0.2) is 53.0 Å². The Morgan fingerprint density at radius 1 is 1.38 bits per heavy atom. The number of nitrogens with zero attached hydrogens (tertiary/aromatic N) is 4. The molecule has 0 aliphatic carbocycles. The van der Waals surface area contributed by atoms with Crippen LogP contribution < -0.4 is 10.1 Å². The molecule has 8 nitrogen and oxygen atoms in total. The molecule has 2 aromatic rings. The molecule has 112 valence electrons. The van der Waals surface area contributed by atoms with Gasteiger partial charge in [0.2, 0.25) is 17.6 Å². The van der Waals surface area contributed by atoms with Crippen LogP contribution in [0.1, 0.15) is 18.7 Å². The van der Waals surface area contributed by atoms with Crippen molar-refractivity contribution >= 4 is 0 Å². The molecule has 0 saturated carbocycles. The van der Waals surface area contributed by atoms with Crippen molar-refractivity contribution in [3.63, 3.8) is 0 Å². The normalized spacial score (nSPS) is 21.6. The molecule has 0 bridgehead atoms. The number of rotatable bonds is 5. The third-order valence-electron chi connectivity index (χ3n) is 3.39. The molecule has 3 heterocycles. The highest BCUT2D eigenvalue weighted by Gasteiger charge is 2.33. The number of ether oxygens (including phenoxy) is 2. The van der Waals surface area contributed by atoms with Gasteiger partial charge in [-0.2, -0.15) is 4.98 Å². The van der Waals surface area contributed by atoms with Crippen LogP contribution in [0.4, 0.5) is 0 Å². The number of methoxy groups -OCH3 is 1. The zero-order valence-electron chi connectivity index (χ0n) is 11.9. The summed E-state index contributed by atoms with van der Waals surface area (Å²) in [6.45, 7) is 4.15. The topological polar surface area (TPSA) is 95.2 Å². The summed E-state index contributed by atoms with van der Waals surface area (Å²) in [5, 5.41) is 7.35. The van der Waals surface area contributed by atoms with Crippen LogP contribution in [0.2, 0.25) is 0 Å². The SMILES string of the molecule is CCNC1COCC1c1nc(-c2cc(OC)ncn2)no1. The first kappa shape index (κ1) is 13.9. The van der Waals surface area contributed by atoms with Crippen LogP contribution in [0.25, 0.3) is 11.5 Å². The van der Waals surface area contributed by atoms with Gasteiger partial charge in [-0.1, -0.05) is 12.1 Å². The smallest absolute Gasteiger partial charge is 0.234 e. The highest BCUT2D eigenvalue weighted by molar-refractivity contribution is 5.49. The fourth-order valence-corrected chi connectivity index (χ4v) is 2.32.